The number of nitrogen functional groups attached to an aromatic ring is 1. The molecule has 2 saturated heterocycles. The lowest BCUT2D eigenvalue weighted by Crippen LogP contribution is -2.55. The van der Waals surface area contributed by atoms with E-state index in [0.717, 1.165) is 11.0 Å². The maximum absolute atomic E-state index is 12.4. The van der Waals surface area contributed by atoms with Crippen molar-refractivity contribution in [1.82, 2.24) is 14.9 Å². The lowest BCUT2D eigenvalue weighted by Gasteiger charge is -2.33. The van der Waals surface area contributed by atoms with Crippen LogP contribution in [0.3, 0.4) is 0 Å². The molecule has 2 aliphatic heterocycles. The van der Waals surface area contributed by atoms with Crippen LogP contribution < -0.4 is 21.6 Å². The normalized spacial score (nSPS) is 24.6. The largest absolute Gasteiger partial charge is 0.479 e. The molecule has 0 radical (unpaired) electrons. The van der Waals surface area contributed by atoms with Gasteiger partial charge in [-0.15, -0.1) is 0 Å². The van der Waals surface area contributed by atoms with Crippen molar-refractivity contribution >= 4 is 29.5 Å². The predicted octanol–water partition coefficient (Wildman–Crippen LogP) is -0.522. The number of aliphatic hydroxyl groups excluding tert-OH is 1. The predicted molar refractivity (Wildman–Crippen MR) is 142 cm³/mol. The number of nitrogens with one attached hydrogen (secondary N) is 1. The topological polar surface area (TPSA) is 227 Å². The number of nitrogens with two attached hydrogens (primary N) is 1. The summed E-state index contributed by atoms with van der Waals surface area (Å²) in [5.41, 5.74) is 0.344. The Labute approximate surface area is 233 Å². The van der Waals surface area contributed by atoms with Gasteiger partial charge in [0.1, 0.15) is 23.6 Å². The molecule has 15 heteroatoms. The van der Waals surface area contributed by atoms with Gasteiger partial charge in [0.2, 0.25) is 0 Å². The third kappa shape index (κ3) is 5.39. The Kier molecular flexibility index (Phi) is 8.17. The van der Waals surface area contributed by atoms with Gasteiger partial charge in [0.05, 0.1) is 6.61 Å². The van der Waals surface area contributed by atoms with E-state index in [0.29, 0.717) is 18.8 Å². The molecule has 220 valence electrons. The highest BCUT2D eigenvalue weighted by atomic mass is 16.6. The second kappa shape index (κ2) is 11.3. The number of carbonyl (C=O) groups is 3. The first-order valence-corrected chi connectivity index (χ1v) is 12.6. The number of aromatic nitrogens is 2. The Morgan fingerprint density at radius 1 is 1.24 bits per heavy atom. The van der Waals surface area contributed by atoms with Gasteiger partial charge in [0, 0.05) is 31.4 Å². The van der Waals surface area contributed by atoms with Gasteiger partial charge in [-0.2, -0.15) is 4.98 Å². The number of benzene rings is 1. The number of amides is 2. The zero-order valence-electron chi connectivity index (χ0n) is 22.1. The van der Waals surface area contributed by atoms with E-state index in [1.807, 2.05) is 0 Å². The van der Waals surface area contributed by atoms with Gasteiger partial charge >= 0.3 is 23.7 Å². The third-order valence-corrected chi connectivity index (χ3v) is 7.28. The molecule has 15 nitrogen and oxygen atoms in total. The minimum absolute atomic E-state index is 0.00820. The standard InChI is InChI=1S/C26H31N5O10/c1-14(2)26(39)17(41-20(19(26)32)31-11-8-18(27)29-24(31)38)13-40-25(21(33)34,22(35)36)12-15-4-6-16(7-5-15)30-10-3-9-28-23(30)37/h4-8,11,17,19-20,32,39H,1,3,9-10,12-13H2,2H3,(H,28,37)(H,33,34)(H,35,36)(H2,27,29,38)/t17-,19+,20-,26-/m1/s1. The van der Waals surface area contributed by atoms with Gasteiger partial charge < -0.3 is 41.0 Å². The Bertz CT molecular complexity index is 1400. The van der Waals surface area contributed by atoms with E-state index in [1.54, 1.807) is 12.1 Å². The summed E-state index contributed by atoms with van der Waals surface area (Å²) in [6.07, 6.45) is -3.54. The number of rotatable bonds is 10. The second-order valence-corrected chi connectivity index (χ2v) is 9.94. The number of hydrogen-bond donors (Lipinski definition) is 6. The molecule has 2 fully saturated rings. The molecule has 1 aromatic heterocycles. The molecule has 7 N–H and O–H groups in total. The van der Waals surface area contributed by atoms with E-state index in [1.165, 1.54) is 36.2 Å². The third-order valence-electron chi connectivity index (χ3n) is 7.28. The van der Waals surface area contributed by atoms with Crippen LogP contribution in [0, 0.1) is 0 Å². The molecule has 0 unspecified atom stereocenters. The van der Waals surface area contributed by atoms with Crippen molar-refractivity contribution in [2.45, 2.75) is 49.4 Å². The fraction of sp³-hybridized carbons (Fsp3) is 0.423. The lowest BCUT2D eigenvalue weighted by atomic mass is 9.85. The van der Waals surface area contributed by atoms with Crippen molar-refractivity contribution in [2.75, 3.05) is 30.3 Å². The van der Waals surface area contributed by atoms with Crippen LogP contribution in [-0.4, -0.2) is 91.1 Å². The number of carboxylic acid groups (broad SMARTS) is 2. The molecular weight excluding hydrogens is 542 g/mol. The SMILES string of the molecule is C=C(C)[C@@]1(O)[C@@H](COC(Cc2ccc(N3CCCNC3=O)cc2)(C(=O)O)C(=O)O)O[C@@H](n2ccc(N)nc2=O)[C@@H]1O. The maximum Gasteiger partial charge on any atom is 0.351 e. The average Bonchev–Trinajstić information content (AvgIpc) is 3.17. The number of aliphatic hydroxyl groups is 2. The first kappa shape index (κ1) is 29.7. The summed E-state index contributed by atoms with van der Waals surface area (Å²) in [6, 6.07) is 7.08. The molecule has 41 heavy (non-hydrogen) atoms. The van der Waals surface area contributed by atoms with Crippen molar-refractivity contribution in [3.05, 3.63) is 64.7 Å². The fourth-order valence-corrected chi connectivity index (χ4v) is 4.88. The van der Waals surface area contributed by atoms with Gasteiger partial charge in [-0.1, -0.05) is 18.7 Å². The summed E-state index contributed by atoms with van der Waals surface area (Å²) in [5.74, 6) is -3.73. The smallest absolute Gasteiger partial charge is 0.351 e. The molecule has 4 rings (SSSR count). The van der Waals surface area contributed by atoms with Gasteiger partial charge in [0.15, 0.2) is 6.23 Å². The Hall–Kier alpha value is -4.31. The Balaban J connectivity index is 1.59. The summed E-state index contributed by atoms with van der Waals surface area (Å²) in [5, 5.41) is 45.1. The number of ether oxygens (including phenoxy) is 2. The van der Waals surface area contributed by atoms with Crippen LogP contribution in [0.5, 0.6) is 0 Å². The number of urea groups is 1. The van der Waals surface area contributed by atoms with E-state index in [2.05, 4.69) is 16.9 Å². The number of hydrogen-bond acceptors (Lipinski definition) is 10. The second-order valence-electron chi connectivity index (χ2n) is 9.94. The molecule has 2 aliphatic rings. The van der Waals surface area contributed by atoms with Crippen LogP contribution in [0.4, 0.5) is 16.3 Å². The van der Waals surface area contributed by atoms with Crippen molar-refractivity contribution in [2.24, 2.45) is 0 Å². The van der Waals surface area contributed by atoms with E-state index in [9.17, 15) is 39.6 Å². The number of carbonyl (C=O) groups excluding carboxylic acids is 1. The summed E-state index contributed by atoms with van der Waals surface area (Å²) in [6.45, 7) is 5.27. The van der Waals surface area contributed by atoms with Crippen LogP contribution in [0.1, 0.15) is 25.1 Å². The van der Waals surface area contributed by atoms with Crippen molar-refractivity contribution < 1.29 is 44.3 Å². The van der Waals surface area contributed by atoms with Crippen LogP contribution in [0.15, 0.2) is 53.5 Å². The van der Waals surface area contributed by atoms with Crippen LogP contribution in [-0.2, 0) is 25.5 Å². The molecule has 4 atom stereocenters. The zero-order valence-corrected chi connectivity index (χ0v) is 22.1. The van der Waals surface area contributed by atoms with Crippen LogP contribution >= 0.6 is 0 Å². The number of nitrogens with zero attached hydrogens (tertiary/aromatic N) is 3. The highest BCUT2D eigenvalue weighted by molar-refractivity contribution is 6.02. The van der Waals surface area contributed by atoms with E-state index >= 15 is 0 Å². The molecule has 3 heterocycles. The first-order valence-electron chi connectivity index (χ1n) is 12.6. The first-order chi connectivity index (χ1) is 19.3. The molecule has 1 aromatic carbocycles. The lowest BCUT2D eigenvalue weighted by molar-refractivity contribution is -0.192. The minimum Gasteiger partial charge on any atom is -0.479 e. The molecule has 2 amide bonds. The molecule has 0 aliphatic carbocycles. The Morgan fingerprint density at radius 3 is 2.46 bits per heavy atom. The molecule has 0 spiro atoms. The minimum atomic E-state index is -2.83. The Morgan fingerprint density at radius 2 is 1.90 bits per heavy atom. The van der Waals surface area contributed by atoms with Gasteiger partial charge in [-0.3, -0.25) is 9.47 Å². The van der Waals surface area contributed by atoms with Gasteiger partial charge in [-0.05, 0) is 42.7 Å². The average molecular weight is 574 g/mol. The summed E-state index contributed by atoms with van der Waals surface area (Å²) in [7, 11) is 0. The summed E-state index contributed by atoms with van der Waals surface area (Å²) >= 11 is 0. The summed E-state index contributed by atoms with van der Waals surface area (Å²) < 4.78 is 12.1. The number of anilines is 2. The van der Waals surface area contributed by atoms with Gasteiger partial charge in [0.25, 0.3) is 5.60 Å². The quantitative estimate of drug-likeness (QED) is 0.156. The molecule has 0 bridgehead atoms. The fourth-order valence-electron chi connectivity index (χ4n) is 4.88. The zero-order chi connectivity index (χ0) is 30.1. The number of carboxylic acids is 2. The van der Waals surface area contributed by atoms with Crippen LogP contribution in [0.25, 0.3) is 0 Å². The van der Waals surface area contributed by atoms with Crippen LogP contribution in [0.2, 0.25) is 0 Å². The van der Waals surface area contributed by atoms with Crippen molar-refractivity contribution in [3.63, 3.8) is 0 Å². The van der Waals surface area contributed by atoms with Crippen molar-refractivity contribution in [1.29, 1.82) is 0 Å². The highest BCUT2D eigenvalue weighted by Gasteiger charge is 2.58. The molecule has 2 aromatic rings. The van der Waals surface area contributed by atoms with Gasteiger partial charge in [-0.25, -0.2) is 19.2 Å². The monoisotopic (exact) mass is 573 g/mol. The van der Waals surface area contributed by atoms with E-state index < -0.39 is 60.3 Å². The van der Waals surface area contributed by atoms with E-state index in [-0.39, 0.29) is 23.0 Å². The van der Waals surface area contributed by atoms with Crippen molar-refractivity contribution in [3.8, 4) is 0 Å². The maximum atomic E-state index is 12.4. The number of aliphatic carboxylic acids is 2. The molecule has 0 saturated carbocycles. The molecular formula is C26H31N5O10. The van der Waals surface area contributed by atoms with E-state index in [4.69, 9.17) is 15.2 Å². The highest BCUT2D eigenvalue weighted by Crippen LogP contribution is 2.41. The summed E-state index contributed by atoms with van der Waals surface area (Å²) in [4.78, 5) is 54.3.